The average molecular weight is 437 g/mol. The zero-order chi connectivity index (χ0) is 22.1. The highest BCUT2D eigenvalue weighted by Gasteiger charge is 2.26. The molecule has 0 aliphatic rings. The van der Waals surface area contributed by atoms with Crippen molar-refractivity contribution in [2.24, 2.45) is 0 Å². The van der Waals surface area contributed by atoms with Crippen molar-refractivity contribution in [1.82, 2.24) is 10.2 Å². The average Bonchev–Trinajstić information content (AvgIpc) is 3.19. The summed E-state index contributed by atoms with van der Waals surface area (Å²) >= 11 is 1.28. The van der Waals surface area contributed by atoms with Crippen LogP contribution in [0.25, 0.3) is 0 Å². The molecule has 0 saturated heterocycles. The number of benzene rings is 1. The summed E-state index contributed by atoms with van der Waals surface area (Å²) < 4.78 is 10.9. The van der Waals surface area contributed by atoms with Gasteiger partial charge in [-0.1, -0.05) is 44.9 Å². The van der Waals surface area contributed by atoms with E-state index in [0.29, 0.717) is 11.7 Å². The van der Waals surface area contributed by atoms with E-state index in [1.165, 1.54) is 30.6 Å². The topological polar surface area (TPSA) is 116 Å². The molecule has 1 amide bonds. The van der Waals surface area contributed by atoms with E-state index < -0.39 is 10.8 Å². The smallest absolute Gasteiger partial charge is 0.286 e. The summed E-state index contributed by atoms with van der Waals surface area (Å²) in [6, 6.07) is 2.56. The van der Waals surface area contributed by atoms with Crippen molar-refractivity contribution in [3.63, 3.8) is 0 Å². The van der Waals surface area contributed by atoms with Crippen molar-refractivity contribution in [2.75, 3.05) is 19.0 Å². The first-order valence-corrected chi connectivity index (χ1v) is 10.9. The number of nitro groups is 1. The molecule has 10 heteroatoms. The summed E-state index contributed by atoms with van der Waals surface area (Å²) in [4.78, 5) is 23.7. The molecule has 0 atom stereocenters. The van der Waals surface area contributed by atoms with Crippen molar-refractivity contribution in [1.29, 1.82) is 0 Å². The third-order valence-corrected chi connectivity index (χ3v) is 5.73. The third-order valence-electron chi connectivity index (χ3n) is 4.72. The number of carbonyl (C=O) groups is 1. The Morgan fingerprint density at radius 1 is 1.20 bits per heavy atom. The van der Waals surface area contributed by atoms with Crippen LogP contribution in [-0.2, 0) is 0 Å². The van der Waals surface area contributed by atoms with Gasteiger partial charge in [0.25, 0.3) is 11.6 Å². The van der Waals surface area contributed by atoms with Crippen LogP contribution in [0.4, 0.5) is 10.8 Å². The Morgan fingerprint density at radius 3 is 2.53 bits per heavy atom. The van der Waals surface area contributed by atoms with Crippen LogP contribution in [0.15, 0.2) is 12.1 Å². The minimum absolute atomic E-state index is 0.128. The number of carbonyl (C=O) groups excluding carboxylic acids is 1. The van der Waals surface area contributed by atoms with Crippen LogP contribution in [-0.4, -0.2) is 34.7 Å². The molecule has 1 aromatic heterocycles. The number of rotatable bonds is 12. The van der Waals surface area contributed by atoms with E-state index in [2.05, 4.69) is 36.3 Å². The number of aromatic nitrogens is 2. The molecule has 2 aromatic rings. The predicted molar refractivity (Wildman–Crippen MR) is 116 cm³/mol. The van der Waals surface area contributed by atoms with Gasteiger partial charge in [-0.3, -0.25) is 20.2 Å². The number of nitro benzene ring substituents is 1. The van der Waals surface area contributed by atoms with Gasteiger partial charge in [0.15, 0.2) is 11.5 Å². The normalized spacial score (nSPS) is 10.8. The van der Waals surface area contributed by atoms with E-state index in [1.54, 1.807) is 0 Å². The maximum absolute atomic E-state index is 12.8. The fraction of sp³-hybridized carbons (Fsp3) is 0.550. The first-order valence-electron chi connectivity index (χ1n) is 10.1. The first kappa shape index (κ1) is 23.5. The SMILES string of the molecule is CCCCCOc1cc([N+](=O)[O-])c(C(=O)Nc2nnc(C(CC)CC)s2)cc1OC. The summed E-state index contributed by atoms with van der Waals surface area (Å²) in [6.45, 7) is 6.62. The van der Waals surface area contributed by atoms with Crippen molar-refractivity contribution >= 4 is 28.1 Å². The largest absolute Gasteiger partial charge is 0.493 e. The van der Waals surface area contributed by atoms with Gasteiger partial charge in [-0.15, -0.1) is 10.2 Å². The lowest BCUT2D eigenvalue weighted by molar-refractivity contribution is -0.385. The fourth-order valence-electron chi connectivity index (χ4n) is 2.94. The van der Waals surface area contributed by atoms with Crippen molar-refractivity contribution in [2.45, 2.75) is 58.8 Å². The number of amides is 1. The van der Waals surface area contributed by atoms with Crippen molar-refractivity contribution in [3.8, 4) is 11.5 Å². The molecule has 9 nitrogen and oxygen atoms in total. The van der Waals surface area contributed by atoms with Gasteiger partial charge in [0, 0.05) is 12.0 Å². The highest BCUT2D eigenvalue weighted by molar-refractivity contribution is 7.15. The van der Waals surface area contributed by atoms with Crippen LogP contribution in [0, 0.1) is 10.1 Å². The summed E-state index contributed by atoms with van der Waals surface area (Å²) in [5.41, 5.74) is -0.486. The molecule has 0 radical (unpaired) electrons. The monoisotopic (exact) mass is 436 g/mol. The standard InChI is InChI=1S/C20H28N4O5S/c1-5-8-9-10-29-17-12-15(24(26)27)14(11-16(17)28-4)18(25)21-20-23-22-19(30-20)13(6-2)7-3/h11-13H,5-10H2,1-4H3,(H,21,23,25). The molecule has 0 fully saturated rings. The molecule has 164 valence electrons. The molecule has 1 N–H and O–H groups in total. The molecule has 0 unspecified atom stereocenters. The van der Waals surface area contributed by atoms with Gasteiger partial charge >= 0.3 is 0 Å². The molecule has 0 aliphatic carbocycles. The summed E-state index contributed by atoms with van der Waals surface area (Å²) in [5.74, 6) is 0.123. The van der Waals surface area contributed by atoms with Crippen LogP contribution in [0.1, 0.15) is 74.2 Å². The molecule has 30 heavy (non-hydrogen) atoms. The van der Waals surface area contributed by atoms with Gasteiger partial charge in [0.1, 0.15) is 10.6 Å². The molecule has 0 aliphatic heterocycles. The number of unbranched alkanes of at least 4 members (excludes halogenated alkanes) is 2. The summed E-state index contributed by atoms with van der Waals surface area (Å²) in [5, 5.41) is 23.5. The first-order chi connectivity index (χ1) is 14.4. The molecular weight excluding hydrogens is 408 g/mol. The number of anilines is 1. The molecule has 2 rings (SSSR count). The maximum atomic E-state index is 12.8. The highest BCUT2D eigenvalue weighted by Crippen LogP contribution is 2.36. The molecule has 1 heterocycles. The second-order valence-electron chi connectivity index (χ2n) is 6.75. The van der Waals surface area contributed by atoms with Gasteiger partial charge in [0.05, 0.1) is 24.7 Å². The van der Waals surface area contributed by atoms with Crippen molar-refractivity contribution in [3.05, 3.63) is 32.8 Å². The number of hydrogen-bond acceptors (Lipinski definition) is 8. The minimum Gasteiger partial charge on any atom is -0.493 e. The number of nitrogens with one attached hydrogen (secondary N) is 1. The summed E-state index contributed by atoms with van der Waals surface area (Å²) in [6.07, 6.45) is 4.69. The summed E-state index contributed by atoms with van der Waals surface area (Å²) in [7, 11) is 1.43. The molecule has 0 bridgehead atoms. The van der Waals surface area contributed by atoms with E-state index >= 15 is 0 Å². The minimum atomic E-state index is -0.648. The maximum Gasteiger partial charge on any atom is 0.286 e. The van der Waals surface area contributed by atoms with E-state index in [9.17, 15) is 14.9 Å². The Hall–Kier alpha value is -2.75. The Morgan fingerprint density at radius 2 is 1.93 bits per heavy atom. The van der Waals surface area contributed by atoms with Crippen molar-refractivity contribution < 1.29 is 19.2 Å². The Kier molecular flexibility index (Phi) is 8.97. The number of methoxy groups -OCH3 is 1. The lowest BCUT2D eigenvalue weighted by atomic mass is 10.1. The fourth-order valence-corrected chi connectivity index (χ4v) is 3.95. The third kappa shape index (κ3) is 5.88. The second-order valence-corrected chi connectivity index (χ2v) is 7.75. The molecule has 1 aromatic carbocycles. The van der Waals surface area contributed by atoms with Crippen LogP contribution in [0.2, 0.25) is 0 Å². The van der Waals surface area contributed by atoms with Gasteiger partial charge in [-0.2, -0.15) is 0 Å². The van der Waals surface area contributed by atoms with E-state index in [1.807, 2.05) is 0 Å². The molecule has 0 spiro atoms. The zero-order valence-electron chi connectivity index (χ0n) is 17.8. The van der Waals surface area contributed by atoms with Gasteiger partial charge in [0.2, 0.25) is 5.13 Å². The van der Waals surface area contributed by atoms with E-state index in [0.717, 1.165) is 37.1 Å². The lowest BCUT2D eigenvalue weighted by Crippen LogP contribution is -2.14. The van der Waals surface area contributed by atoms with Crippen LogP contribution in [0.3, 0.4) is 0 Å². The second kappa shape index (κ2) is 11.4. The quantitative estimate of drug-likeness (QED) is 0.277. The van der Waals surface area contributed by atoms with E-state index in [-0.39, 0.29) is 28.7 Å². The zero-order valence-corrected chi connectivity index (χ0v) is 18.6. The van der Waals surface area contributed by atoms with Crippen LogP contribution >= 0.6 is 11.3 Å². The lowest BCUT2D eigenvalue weighted by Gasteiger charge is -2.12. The van der Waals surface area contributed by atoms with Crippen LogP contribution < -0.4 is 14.8 Å². The number of hydrogen-bond donors (Lipinski definition) is 1. The van der Waals surface area contributed by atoms with Gasteiger partial charge in [-0.05, 0) is 19.3 Å². The Labute approximate surface area is 180 Å². The molecule has 0 saturated carbocycles. The predicted octanol–water partition coefficient (Wildman–Crippen LogP) is 5.18. The number of ether oxygens (including phenoxy) is 2. The van der Waals surface area contributed by atoms with Crippen LogP contribution in [0.5, 0.6) is 11.5 Å². The highest BCUT2D eigenvalue weighted by atomic mass is 32.1. The van der Waals surface area contributed by atoms with Gasteiger partial charge in [-0.25, -0.2) is 0 Å². The number of nitrogens with zero attached hydrogens (tertiary/aromatic N) is 3. The Bertz CT molecular complexity index is 867. The van der Waals surface area contributed by atoms with Gasteiger partial charge < -0.3 is 9.47 Å². The van der Waals surface area contributed by atoms with E-state index in [4.69, 9.17) is 9.47 Å². The molecular formula is C20H28N4O5S. The Balaban J connectivity index is 2.26.